The Labute approximate surface area is 183 Å². The van der Waals surface area contributed by atoms with E-state index < -0.39 is 0 Å². The lowest BCUT2D eigenvalue weighted by atomic mass is 9.79. The topological polar surface area (TPSA) is 12.9 Å². The summed E-state index contributed by atoms with van der Waals surface area (Å²) in [5.74, 6) is 0.739. The van der Waals surface area contributed by atoms with Crippen LogP contribution in [0.2, 0.25) is 0 Å². The standard InChI is InChI=1S/C28H36BN/c1-27(2,3)22-14-21(15-23(17-22)28(4,5)6)26-24-12-11-19(18-9-7-8-10-18)13-20(24)16-25(29)30-26/h11-18H,7-10,29H2,1-6H3. The predicted molar refractivity (Wildman–Crippen MR) is 134 cm³/mol. The van der Waals surface area contributed by atoms with E-state index in [9.17, 15) is 0 Å². The monoisotopic (exact) mass is 397 g/mol. The molecule has 0 N–H and O–H groups in total. The quantitative estimate of drug-likeness (QED) is 0.455. The van der Waals surface area contributed by atoms with Crippen molar-refractivity contribution in [1.29, 1.82) is 0 Å². The second-order valence-corrected chi connectivity index (χ2v) is 11.4. The van der Waals surface area contributed by atoms with Crippen molar-refractivity contribution >= 4 is 24.2 Å². The molecule has 1 aliphatic carbocycles. The van der Waals surface area contributed by atoms with Crippen molar-refractivity contribution in [3.05, 3.63) is 59.2 Å². The van der Waals surface area contributed by atoms with Crippen LogP contribution in [-0.4, -0.2) is 12.8 Å². The van der Waals surface area contributed by atoms with Crippen LogP contribution in [0.3, 0.4) is 0 Å². The van der Waals surface area contributed by atoms with Gasteiger partial charge < -0.3 is 0 Å². The minimum Gasteiger partial charge on any atom is -0.263 e. The fraction of sp³-hybridized carbons (Fsp3) is 0.464. The van der Waals surface area contributed by atoms with Gasteiger partial charge in [-0.2, -0.15) is 0 Å². The molecule has 1 fully saturated rings. The van der Waals surface area contributed by atoms with Gasteiger partial charge in [0, 0.05) is 10.9 Å². The van der Waals surface area contributed by atoms with Crippen LogP contribution in [0.1, 0.15) is 89.8 Å². The molecule has 156 valence electrons. The molecule has 3 aromatic rings. The van der Waals surface area contributed by atoms with Gasteiger partial charge in [-0.3, -0.25) is 4.98 Å². The minimum atomic E-state index is 0.102. The van der Waals surface area contributed by atoms with Gasteiger partial charge in [0.1, 0.15) is 0 Å². The van der Waals surface area contributed by atoms with Crippen LogP contribution in [0.4, 0.5) is 0 Å². The molecular weight excluding hydrogens is 361 g/mol. The molecular formula is C28H36BN. The Morgan fingerprint density at radius 1 is 0.800 bits per heavy atom. The average molecular weight is 397 g/mol. The van der Waals surface area contributed by atoms with E-state index in [-0.39, 0.29) is 10.8 Å². The summed E-state index contributed by atoms with van der Waals surface area (Å²) < 4.78 is 0. The Kier molecular flexibility index (Phi) is 5.33. The first-order chi connectivity index (χ1) is 14.0. The molecule has 0 radical (unpaired) electrons. The third-order valence-corrected chi connectivity index (χ3v) is 6.75. The van der Waals surface area contributed by atoms with Gasteiger partial charge in [-0.1, -0.05) is 78.6 Å². The maximum atomic E-state index is 5.05. The van der Waals surface area contributed by atoms with Gasteiger partial charge in [0.15, 0.2) is 7.85 Å². The van der Waals surface area contributed by atoms with E-state index in [1.54, 1.807) is 0 Å². The Morgan fingerprint density at radius 3 is 1.97 bits per heavy atom. The maximum Gasteiger partial charge on any atom is 0.163 e. The molecule has 30 heavy (non-hydrogen) atoms. The zero-order valence-corrected chi connectivity index (χ0v) is 19.9. The molecule has 0 spiro atoms. The van der Waals surface area contributed by atoms with Crippen molar-refractivity contribution in [3.8, 4) is 11.3 Å². The zero-order chi connectivity index (χ0) is 21.7. The molecule has 1 nitrogen and oxygen atoms in total. The van der Waals surface area contributed by atoms with Gasteiger partial charge in [0.05, 0.1) is 5.69 Å². The van der Waals surface area contributed by atoms with Crippen molar-refractivity contribution in [1.82, 2.24) is 4.98 Å². The number of hydrogen-bond donors (Lipinski definition) is 0. The minimum absolute atomic E-state index is 0.102. The average Bonchev–Trinajstić information content (AvgIpc) is 3.20. The molecule has 0 unspecified atom stereocenters. The van der Waals surface area contributed by atoms with E-state index >= 15 is 0 Å². The largest absolute Gasteiger partial charge is 0.263 e. The molecule has 0 bridgehead atoms. The molecule has 0 aliphatic heterocycles. The first-order valence-corrected chi connectivity index (χ1v) is 11.6. The normalized spacial score (nSPS) is 15.8. The van der Waals surface area contributed by atoms with Crippen LogP contribution in [0.25, 0.3) is 22.0 Å². The molecule has 1 heterocycles. The Balaban J connectivity index is 1.92. The maximum absolute atomic E-state index is 5.05. The van der Waals surface area contributed by atoms with Gasteiger partial charge in [-0.25, -0.2) is 0 Å². The Hall–Kier alpha value is -2.09. The van der Waals surface area contributed by atoms with Gasteiger partial charge in [0.2, 0.25) is 0 Å². The van der Waals surface area contributed by atoms with Crippen molar-refractivity contribution in [2.45, 2.75) is 84.0 Å². The van der Waals surface area contributed by atoms with Crippen molar-refractivity contribution in [3.63, 3.8) is 0 Å². The Bertz CT molecular complexity index is 1040. The molecule has 2 heteroatoms. The first kappa shape index (κ1) is 21.2. The second-order valence-electron chi connectivity index (χ2n) is 11.4. The van der Waals surface area contributed by atoms with Gasteiger partial charge in [-0.05, 0) is 75.5 Å². The summed E-state index contributed by atoms with van der Waals surface area (Å²) in [7, 11) is 2.13. The lowest BCUT2D eigenvalue weighted by Gasteiger charge is -2.26. The van der Waals surface area contributed by atoms with Gasteiger partial charge >= 0.3 is 0 Å². The highest BCUT2D eigenvalue weighted by Crippen LogP contribution is 2.38. The van der Waals surface area contributed by atoms with E-state index in [0.717, 1.165) is 17.2 Å². The zero-order valence-electron chi connectivity index (χ0n) is 19.9. The summed E-state index contributed by atoms with van der Waals surface area (Å²) in [4.78, 5) is 5.05. The number of fused-ring (bicyclic) bond motifs is 1. The molecule has 1 aromatic heterocycles. The van der Waals surface area contributed by atoms with Crippen molar-refractivity contribution in [2.75, 3.05) is 0 Å². The van der Waals surface area contributed by atoms with Crippen LogP contribution in [0.15, 0.2) is 42.5 Å². The number of rotatable bonds is 2. The number of hydrogen-bond acceptors (Lipinski definition) is 1. The summed E-state index contributed by atoms with van der Waals surface area (Å²) in [5, 5.41) is 2.61. The summed E-state index contributed by atoms with van der Waals surface area (Å²) >= 11 is 0. The molecule has 1 saturated carbocycles. The smallest absolute Gasteiger partial charge is 0.163 e. The van der Waals surface area contributed by atoms with E-state index in [2.05, 4.69) is 91.9 Å². The summed E-state index contributed by atoms with van der Waals surface area (Å²) in [6, 6.07) is 16.5. The van der Waals surface area contributed by atoms with E-state index in [0.29, 0.717) is 0 Å². The van der Waals surface area contributed by atoms with Crippen molar-refractivity contribution < 1.29 is 0 Å². The van der Waals surface area contributed by atoms with Gasteiger partial charge in [0.25, 0.3) is 0 Å². The molecule has 0 saturated heterocycles. The molecule has 4 rings (SSSR count). The fourth-order valence-electron chi connectivity index (χ4n) is 4.77. The lowest BCUT2D eigenvalue weighted by Crippen LogP contribution is -2.17. The first-order valence-electron chi connectivity index (χ1n) is 11.6. The Morgan fingerprint density at radius 2 is 1.40 bits per heavy atom. The molecule has 1 aliphatic rings. The lowest BCUT2D eigenvalue weighted by molar-refractivity contribution is 0.569. The summed E-state index contributed by atoms with van der Waals surface area (Å²) in [6.45, 7) is 13.8. The number of benzene rings is 2. The van der Waals surface area contributed by atoms with Gasteiger partial charge in [-0.15, -0.1) is 0 Å². The van der Waals surface area contributed by atoms with E-state index in [4.69, 9.17) is 4.98 Å². The predicted octanol–water partition coefficient (Wildman–Crippen LogP) is 6.41. The number of aromatic nitrogens is 1. The third-order valence-electron chi connectivity index (χ3n) is 6.75. The van der Waals surface area contributed by atoms with E-state index in [1.807, 2.05) is 0 Å². The second kappa shape index (κ2) is 7.55. The van der Waals surface area contributed by atoms with Crippen molar-refractivity contribution in [2.24, 2.45) is 0 Å². The van der Waals surface area contributed by atoms with Crippen LogP contribution in [0.5, 0.6) is 0 Å². The highest BCUT2D eigenvalue weighted by molar-refractivity contribution is 6.32. The molecule has 0 amide bonds. The highest BCUT2D eigenvalue weighted by Gasteiger charge is 2.22. The van der Waals surface area contributed by atoms with Crippen LogP contribution in [-0.2, 0) is 10.8 Å². The SMILES string of the molecule is Bc1cc2cc(C3CCCC3)ccc2c(-c2cc(C(C)(C)C)cc(C(C)(C)C)c2)n1. The van der Waals surface area contributed by atoms with Crippen LogP contribution < -0.4 is 5.59 Å². The van der Waals surface area contributed by atoms with Crippen LogP contribution in [0, 0.1) is 0 Å². The summed E-state index contributed by atoms with van der Waals surface area (Å²) in [6.07, 6.45) is 5.42. The number of pyridine rings is 1. The highest BCUT2D eigenvalue weighted by atomic mass is 14.7. The fourth-order valence-corrected chi connectivity index (χ4v) is 4.77. The molecule has 2 aromatic carbocycles. The van der Waals surface area contributed by atoms with E-state index in [1.165, 1.54) is 58.7 Å². The molecule has 0 atom stereocenters. The number of nitrogens with zero attached hydrogens (tertiary/aromatic N) is 1. The third kappa shape index (κ3) is 4.20. The van der Waals surface area contributed by atoms with Crippen LogP contribution >= 0.6 is 0 Å². The summed E-state index contributed by atoms with van der Waals surface area (Å²) in [5.41, 5.74) is 7.94.